The van der Waals surface area contributed by atoms with E-state index in [1.165, 1.54) is 4.80 Å². The second-order valence-corrected chi connectivity index (χ2v) is 3.80. The van der Waals surface area contributed by atoms with Crippen LogP contribution in [0.15, 0.2) is 42.9 Å². The second kappa shape index (κ2) is 4.33. The quantitative estimate of drug-likeness (QED) is 0.675. The molecule has 0 aliphatic heterocycles. The largest absolute Gasteiger partial charge is 0.262 e. The summed E-state index contributed by atoms with van der Waals surface area (Å²) >= 11 is 0. The Morgan fingerprint density at radius 3 is 2.78 bits per heavy atom. The molecule has 0 fully saturated rings. The Morgan fingerprint density at radius 1 is 1.11 bits per heavy atom. The lowest BCUT2D eigenvalue weighted by molar-refractivity contribution is 0.717. The third-order valence-electron chi connectivity index (χ3n) is 2.46. The van der Waals surface area contributed by atoms with E-state index in [2.05, 4.69) is 25.4 Å². The zero-order valence-corrected chi connectivity index (χ0v) is 9.72. The van der Waals surface area contributed by atoms with Gasteiger partial charge in [0.25, 0.3) is 0 Å². The molecule has 0 N–H and O–H groups in total. The number of rotatable bonds is 2. The topological polar surface area (TPSA) is 69.4 Å². The minimum atomic E-state index is 0.548. The summed E-state index contributed by atoms with van der Waals surface area (Å²) < 4.78 is 0. The van der Waals surface area contributed by atoms with Gasteiger partial charge in [-0.25, -0.2) is 0 Å². The number of hydrogen-bond acceptors (Lipinski definition) is 5. The molecule has 0 unspecified atom stereocenters. The predicted octanol–water partition coefficient (Wildman–Crippen LogP) is 1.43. The molecular weight excluding hydrogens is 228 g/mol. The summed E-state index contributed by atoms with van der Waals surface area (Å²) in [6.45, 7) is 1.93. The zero-order chi connectivity index (χ0) is 12.4. The van der Waals surface area contributed by atoms with Crippen molar-refractivity contribution >= 4 is 0 Å². The van der Waals surface area contributed by atoms with Crippen LogP contribution < -0.4 is 0 Å². The predicted molar refractivity (Wildman–Crippen MR) is 64.9 cm³/mol. The Labute approximate surface area is 103 Å². The summed E-state index contributed by atoms with van der Waals surface area (Å²) in [5.41, 5.74) is 2.57. The van der Waals surface area contributed by atoms with Crippen LogP contribution in [0, 0.1) is 6.92 Å². The molecule has 0 amide bonds. The van der Waals surface area contributed by atoms with Crippen LogP contribution in [0.4, 0.5) is 0 Å². The van der Waals surface area contributed by atoms with Crippen LogP contribution in [0.2, 0.25) is 0 Å². The summed E-state index contributed by atoms with van der Waals surface area (Å²) in [5.74, 6) is 0.548. The van der Waals surface area contributed by atoms with Crippen LogP contribution in [-0.2, 0) is 0 Å². The van der Waals surface area contributed by atoms with Crippen molar-refractivity contribution in [2.24, 2.45) is 0 Å². The molecule has 0 atom stereocenters. The molecule has 0 aromatic carbocycles. The maximum atomic E-state index is 4.29. The van der Waals surface area contributed by atoms with Crippen LogP contribution in [0.25, 0.3) is 17.1 Å². The fourth-order valence-electron chi connectivity index (χ4n) is 1.51. The van der Waals surface area contributed by atoms with Crippen molar-refractivity contribution in [3.05, 3.63) is 48.5 Å². The number of aromatic nitrogens is 6. The van der Waals surface area contributed by atoms with Gasteiger partial charge >= 0.3 is 0 Å². The maximum absolute atomic E-state index is 4.29. The molecular formula is C12H10N6. The molecule has 0 radical (unpaired) electrons. The fourth-order valence-corrected chi connectivity index (χ4v) is 1.51. The fraction of sp³-hybridized carbons (Fsp3) is 0.0833. The second-order valence-electron chi connectivity index (χ2n) is 3.80. The molecule has 0 aliphatic rings. The van der Waals surface area contributed by atoms with E-state index in [0.29, 0.717) is 5.82 Å². The number of hydrogen-bond donors (Lipinski definition) is 0. The number of pyridine rings is 2. The third-order valence-corrected chi connectivity index (χ3v) is 2.46. The van der Waals surface area contributed by atoms with Crippen molar-refractivity contribution in [1.29, 1.82) is 0 Å². The van der Waals surface area contributed by atoms with Gasteiger partial charge in [0.15, 0.2) is 0 Å². The molecule has 0 aliphatic carbocycles. The molecule has 88 valence electrons. The van der Waals surface area contributed by atoms with Gasteiger partial charge in [0.2, 0.25) is 5.82 Å². The van der Waals surface area contributed by atoms with Gasteiger partial charge < -0.3 is 0 Å². The minimum absolute atomic E-state index is 0.548. The minimum Gasteiger partial charge on any atom is -0.262 e. The van der Waals surface area contributed by atoms with Gasteiger partial charge in [-0.3, -0.25) is 9.97 Å². The molecule has 6 nitrogen and oxygen atoms in total. The van der Waals surface area contributed by atoms with Gasteiger partial charge in [-0.2, -0.15) is 0 Å². The average Bonchev–Trinajstić information content (AvgIpc) is 2.90. The standard InChI is InChI=1S/C12H10N6/c1-9-4-5-10(7-14-9)12-15-17-18(16-12)11-3-2-6-13-8-11/h2-8H,1H3. The van der Waals surface area contributed by atoms with Crippen molar-refractivity contribution < 1.29 is 0 Å². The van der Waals surface area contributed by atoms with E-state index < -0.39 is 0 Å². The van der Waals surface area contributed by atoms with Crippen molar-refractivity contribution in [1.82, 2.24) is 30.2 Å². The van der Waals surface area contributed by atoms with Crippen molar-refractivity contribution in [2.45, 2.75) is 6.92 Å². The van der Waals surface area contributed by atoms with Crippen LogP contribution in [0.5, 0.6) is 0 Å². The first-order chi connectivity index (χ1) is 8.83. The van der Waals surface area contributed by atoms with Gasteiger partial charge in [-0.1, -0.05) is 0 Å². The van der Waals surface area contributed by atoms with Gasteiger partial charge in [0.05, 0.1) is 6.20 Å². The third kappa shape index (κ3) is 1.95. The Morgan fingerprint density at radius 2 is 2.06 bits per heavy atom. The van der Waals surface area contributed by atoms with Gasteiger partial charge in [0, 0.05) is 23.7 Å². The van der Waals surface area contributed by atoms with Crippen molar-refractivity contribution in [3.8, 4) is 17.1 Å². The van der Waals surface area contributed by atoms with Gasteiger partial charge in [-0.05, 0) is 36.4 Å². The first-order valence-corrected chi connectivity index (χ1v) is 5.46. The molecule has 3 aromatic heterocycles. The molecule has 6 heteroatoms. The molecule has 18 heavy (non-hydrogen) atoms. The van der Waals surface area contributed by atoms with Crippen LogP contribution >= 0.6 is 0 Å². The number of nitrogens with zero attached hydrogens (tertiary/aromatic N) is 6. The number of tetrazole rings is 1. The molecule has 3 heterocycles. The molecule has 0 saturated carbocycles. The zero-order valence-electron chi connectivity index (χ0n) is 9.72. The van der Waals surface area contributed by atoms with E-state index in [0.717, 1.165) is 16.9 Å². The molecule has 0 bridgehead atoms. The van der Waals surface area contributed by atoms with E-state index >= 15 is 0 Å². The Hall–Kier alpha value is -2.63. The summed E-state index contributed by atoms with van der Waals surface area (Å²) in [5, 5.41) is 12.3. The average molecular weight is 238 g/mol. The maximum Gasteiger partial charge on any atom is 0.206 e. The van der Waals surface area contributed by atoms with Crippen molar-refractivity contribution in [3.63, 3.8) is 0 Å². The van der Waals surface area contributed by atoms with Crippen LogP contribution in [-0.4, -0.2) is 30.2 Å². The first-order valence-electron chi connectivity index (χ1n) is 5.46. The Balaban J connectivity index is 1.97. The van der Waals surface area contributed by atoms with E-state index in [-0.39, 0.29) is 0 Å². The summed E-state index contributed by atoms with van der Waals surface area (Å²) in [6, 6.07) is 7.53. The van der Waals surface area contributed by atoms with Gasteiger partial charge in [0.1, 0.15) is 5.69 Å². The highest BCUT2D eigenvalue weighted by molar-refractivity contribution is 5.52. The molecule has 0 saturated heterocycles. The smallest absolute Gasteiger partial charge is 0.206 e. The summed E-state index contributed by atoms with van der Waals surface area (Å²) in [4.78, 5) is 9.67. The van der Waals surface area contributed by atoms with E-state index in [1.807, 2.05) is 31.2 Å². The summed E-state index contributed by atoms with van der Waals surface area (Å²) in [6.07, 6.45) is 5.12. The lowest BCUT2D eigenvalue weighted by atomic mass is 10.2. The SMILES string of the molecule is Cc1ccc(-c2nnn(-c3cccnc3)n2)cn1. The van der Waals surface area contributed by atoms with Crippen LogP contribution in [0.3, 0.4) is 0 Å². The Bertz CT molecular complexity index is 644. The highest BCUT2D eigenvalue weighted by Crippen LogP contribution is 2.13. The molecule has 3 rings (SSSR count). The first kappa shape index (κ1) is 10.5. The lowest BCUT2D eigenvalue weighted by Gasteiger charge is -1.96. The van der Waals surface area contributed by atoms with E-state index in [4.69, 9.17) is 0 Å². The number of aryl methyl sites for hydroxylation is 1. The van der Waals surface area contributed by atoms with E-state index in [1.54, 1.807) is 18.6 Å². The lowest BCUT2D eigenvalue weighted by Crippen LogP contribution is -1.99. The highest BCUT2D eigenvalue weighted by atomic mass is 15.6. The monoisotopic (exact) mass is 238 g/mol. The van der Waals surface area contributed by atoms with E-state index in [9.17, 15) is 0 Å². The van der Waals surface area contributed by atoms with Gasteiger partial charge in [-0.15, -0.1) is 15.0 Å². The molecule has 3 aromatic rings. The van der Waals surface area contributed by atoms with Crippen molar-refractivity contribution in [2.75, 3.05) is 0 Å². The summed E-state index contributed by atoms with van der Waals surface area (Å²) in [7, 11) is 0. The normalized spacial score (nSPS) is 10.5. The highest BCUT2D eigenvalue weighted by Gasteiger charge is 2.07. The molecule has 0 spiro atoms. The van der Waals surface area contributed by atoms with Crippen LogP contribution in [0.1, 0.15) is 5.69 Å². The Kier molecular flexibility index (Phi) is 2.53.